The summed E-state index contributed by atoms with van der Waals surface area (Å²) in [5, 5.41) is 10.2. The number of furan rings is 1. The number of hydrogen-bond donors (Lipinski definition) is 1. The van der Waals surface area contributed by atoms with Gasteiger partial charge in [0, 0.05) is 0 Å². The smallest absolute Gasteiger partial charge is 0.433 e. The number of ether oxygens (including phenoxy) is 1. The Morgan fingerprint density at radius 1 is 1.53 bits per heavy atom. The van der Waals surface area contributed by atoms with Crippen LogP contribution in [-0.2, 0) is 9.53 Å². The van der Waals surface area contributed by atoms with Crippen molar-refractivity contribution in [3.8, 4) is 0 Å². The average molecular weight is 214 g/mol. The van der Waals surface area contributed by atoms with Crippen molar-refractivity contribution in [2.45, 2.75) is 0 Å². The van der Waals surface area contributed by atoms with Gasteiger partial charge in [0.15, 0.2) is 6.61 Å². The van der Waals surface area contributed by atoms with Gasteiger partial charge >= 0.3 is 11.9 Å². The monoisotopic (exact) mass is 214 g/mol. The Hall–Kier alpha value is -2.38. The normalized spacial score (nSPS) is 9.60. The minimum absolute atomic E-state index is 0.358. The third kappa shape index (κ3) is 2.79. The molecule has 0 bridgehead atoms. The van der Waals surface area contributed by atoms with E-state index in [-0.39, 0.29) is 5.76 Å². The van der Waals surface area contributed by atoms with E-state index in [1.165, 1.54) is 0 Å². The SMILES string of the molecule is NC(=O)COC(=O)c1ccc([N+](=O)[O-])o1. The highest BCUT2D eigenvalue weighted by atomic mass is 16.7. The lowest BCUT2D eigenvalue weighted by molar-refractivity contribution is -0.402. The molecule has 1 rings (SSSR count). The molecule has 0 radical (unpaired) electrons. The van der Waals surface area contributed by atoms with E-state index in [2.05, 4.69) is 9.15 Å². The summed E-state index contributed by atoms with van der Waals surface area (Å²) in [6.45, 7) is -0.604. The fraction of sp³-hybridized carbons (Fsp3) is 0.143. The summed E-state index contributed by atoms with van der Waals surface area (Å²) in [5.41, 5.74) is 4.72. The topological polar surface area (TPSA) is 126 Å². The molecule has 0 fully saturated rings. The van der Waals surface area contributed by atoms with E-state index in [1.807, 2.05) is 0 Å². The van der Waals surface area contributed by atoms with Crippen LogP contribution >= 0.6 is 0 Å². The Kier molecular flexibility index (Phi) is 3.01. The fourth-order valence-electron chi connectivity index (χ4n) is 0.743. The van der Waals surface area contributed by atoms with E-state index in [0.717, 1.165) is 12.1 Å². The Bertz CT molecular complexity index is 409. The molecule has 8 nitrogen and oxygen atoms in total. The van der Waals surface area contributed by atoms with Crippen molar-refractivity contribution in [3.63, 3.8) is 0 Å². The number of amides is 1. The summed E-state index contributed by atoms with van der Waals surface area (Å²) in [6, 6.07) is 2.07. The second kappa shape index (κ2) is 4.22. The van der Waals surface area contributed by atoms with Crippen LogP contribution in [0.3, 0.4) is 0 Å². The molecular formula is C7H6N2O6. The van der Waals surface area contributed by atoms with E-state index in [1.54, 1.807) is 0 Å². The molecule has 80 valence electrons. The molecule has 0 aromatic carbocycles. The van der Waals surface area contributed by atoms with Crippen molar-refractivity contribution in [2.24, 2.45) is 5.73 Å². The van der Waals surface area contributed by atoms with Crippen LogP contribution < -0.4 is 5.73 Å². The van der Waals surface area contributed by atoms with Gasteiger partial charge < -0.3 is 14.9 Å². The molecule has 0 aliphatic heterocycles. The first-order valence-electron chi connectivity index (χ1n) is 3.70. The Morgan fingerprint density at radius 2 is 2.20 bits per heavy atom. The Balaban J connectivity index is 2.66. The highest BCUT2D eigenvalue weighted by Crippen LogP contribution is 2.16. The van der Waals surface area contributed by atoms with E-state index < -0.39 is 29.3 Å². The molecule has 0 aliphatic carbocycles. The number of carbonyl (C=O) groups is 2. The lowest BCUT2D eigenvalue weighted by Gasteiger charge is -1.97. The molecule has 15 heavy (non-hydrogen) atoms. The van der Waals surface area contributed by atoms with E-state index in [0.29, 0.717) is 0 Å². The van der Waals surface area contributed by atoms with Gasteiger partial charge in [-0.15, -0.1) is 0 Å². The number of nitrogens with two attached hydrogens (primary N) is 1. The van der Waals surface area contributed by atoms with Crippen molar-refractivity contribution in [3.05, 3.63) is 28.0 Å². The van der Waals surface area contributed by atoms with Gasteiger partial charge in [-0.25, -0.2) is 4.79 Å². The summed E-state index contributed by atoms with van der Waals surface area (Å²) in [6.07, 6.45) is 0. The zero-order valence-electron chi connectivity index (χ0n) is 7.34. The lowest BCUT2D eigenvalue weighted by Crippen LogP contribution is -2.20. The van der Waals surface area contributed by atoms with E-state index >= 15 is 0 Å². The highest BCUT2D eigenvalue weighted by molar-refractivity contribution is 5.88. The Labute approximate surface area is 82.8 Å². The van der Waals surface area contributed by atoms with Crippen molar-refractivity contribution < 1.29 is 23.7 Å². The van der Waals surface area contributed by atoms with Crippen LogP contribution in [-0.4, -0.2) is 23.4 Å². The first kappa shape index (κ1) is 10.7. The zero-order valence-corrected chi connectivity index (χ0v) is 7.34. The van der Waals surface area contributed by atoms with Gasteiger partial charge in [0.2, 0.25) is 5.76 Å². The zero-order chi connectivity index (χ0) is 11.4. The fourth-order valence-corrected chi connectivity index (χ4v) is 0.743. The standard InChI is InChI=1S/C7H6N2O6/c8-5(10)3-14-7(11)4-1-2-6(15-4)9(12)13/h1-2H,3H2,(H2,8,10). The molecule has 1 aromatic rings. The summed E-state index contributed by atoms with van der Waals surface area (Å²) in [7, 11) is 0. The van der Waals surface area contributed by atoms with Gasteiger partial charge in [-0.3, -0.25) is 14.9 Å². The number of esters is 1. The van der Waals surface area contributed by atoms with Crippen molar-refractivity contribution in [1.82, 2.24) is 0 Å². The van der Waals surface area contributed by atoms with Crippen LogP contribution in [0.2, 0.25) is 0 Å². The van der Waals surface area contributed by atoms with Crippen LogP contribution in [0, 0.1) is 10.1 Å². The van der Waals surface area contributed by atoms with Gasteiger partial charge in [0.25, 0.3) is 5.91 Å². The summed E-state index contributed by atoms with van der Waals surface area (Å²) in [4.78, 5) is 30.7. The summed E-state index contributed by atoms with van der Waals surface area (Å²) < 4.78 is 8.87. The number of nitrogens with zero attached hydrogens (tertiary/aromatic N) is 1. The van der Waals surface area contributed by atoms with Gasteiger partial charge in [-0.05, 0) is 6.07 Å². The number of primary amides is 1. The predicted molar refractivity (Wildman–Crippen MR) is 44.8 cm³/mol. The molecule has 8 heteroatoms. The van der Waals surface area contributed by atoms with Gasteiger partial charge in [0.05, 0.1) is 6.07 Å². The van der Waals surface area contributed by atoms with E-state index in [9.17, 15) is 19.7 Å². The minimum Gasteiger partial charge on any atom is -0.450 e. The quantitative estimate of drug-likeness (QED) is 0.421. The maximum Gasteiger partial charge on any atom is 0.433 e. The van der Waals surface area contributed by atoms with Gasteiger partial charge in [-0.2, -0.15) is 0 Å². The Morgan fingerprint density at radius 3 is 2.67 bits per heavy atom. The van der Waals surface area contributed by atoms with Crippen molar-refractivity contribution in [1.29, 1.82) is 0 Å². The summed E-state index contributed by atoms with van der Waals surface area (Å²) >= 11 is 0. The second-order valence-corrected chi connectivity index (χ2v) is 2.44. The van der Waals surface area contributed by atoms with Crippen LogP contribution in [0.1, 0.15) is 10.6 Å². The van der Waals surface area contributed by atoms with Crippen molar-refractivity contribution in [2.75, 3.05) is 6.61 Å². The molecule has 0 unspecified atom stereocenters. The van der Waals surface area contributed by atoms with Crippen molar-refractivity contribution >= 4 is 17.8 Å². The first-order chi connectivity index (χ1) is 7.00. The van der Waals surface area contributed by atoms with E-state index in [4.69, 9.17) is 5.73 Å². The molecule has 0 spiro atoms. The molecular weight excluding hydrogens is 208 g/mol. The third-order valence-corrected chi connectivity index (χ3v) is 1.32. The summed E-state index contributed by atoms with van der Waals surface area (Å²) in [5.74, 6) is -2.75. The maximum atomic E-state index is 11.0. The molecule has 1 heterocycles. The van der Waals surface area contributed by atoms with Gasteiger partial charge in [-0.1, -0.05) is 0 Å². The number of rotatable bonds is 4. The highest BCUT2D eigenvalue weighted by Gasteiger charge is 2.18. The third-order valence-electron chi connectivity index (χ3n) is 1.32. The van der Waals surface area contributed by atoms with Gasteiger partial charge in [0.1, 0.15) is 4.92 Å². The van der Waals surface area contributed by atoms with Crippen LogP contribution in [0.5, 0.6) is 0 Å². The molecule has 0 atom stereocenters. The predicted octanol–water partition coefficient (Wildman–Crippen LogP) is -0.170. The number of carbonyl (C=O) groups excluding carboxylic acids is 2. The molecule has 0 saturated heterocycles. The number of hydrogen-bond acceptors (Lipinski definition) is 6. The lowest BCUT2D eigenvalue weighted by atomic mass is 10.4. The minimum atomic E-state index is -0.984. The molecule has 0 aliphatic rings. The molecule has 1 amide bonds. The second-order valence-electron chi connectivity index (χ2n) is 2.44. The average Bonchev–Trinajstić information content (AvgIpc) is 2.62. The largest absolute Gasteiger partial charge is 0.450 e. The van der Waals surface area contributed by atoms with Crippen LogP contribution in [0.15, 0.2) is 16.5 Å². The molecule has 1 aromatic heterocycles. The number of nitro groups is 1. The van der Waals surface area contributed by atoms with Crippen LogP contribution in [0.4, 0.5) is 5.88 Å². The molecule has 0 saturated carbocycles. The molecule has 2 N–H and O–H groups in total. The maximum absolute atomic E-state index is 11.0. The van der Waals surface area contributed by atoms with Crippen LogP contribution in [0.25, 0.3) is 0 Å². The first-order valence-corrected chi connectivity index (χ1v) is 3.70.